The summed E-state index contributed by atoms with van der Waals surface area (Å²) in [5, 5.41) is 3.35. The highest BCUT2D eigenvalue weighted by Gasteiger charge is 2.36. The van der Waals surface area contributed by atoms with Crippen LogP contribution in [0.4, 0.5) is 10.1 Å². The van der Waals surface area contributed by atoms with E-state index in [-0.39, 0.29) is 11.2 Å². The topological polar surface area (TPSA) is 12.0 Å². The van der Waals surface area contributed by atoms with Gasteiger partial charge in [-0.05, 0) is 30.7 Å². The Morgan fingerprint density at radius 3 is 2.77 bits per heavy atom. The fourth-order valence-electron chi connectivity index (χ4n) is 1.82. The van der Waals surface area contributed by atoms with Gasteiger partial charge in [-0.3, -0.25) is 0 Å². The number of anilines is 1. The Bertz CT molecular complexity index is 344. The number of halogens is 1. The van der Waals surface area contributed by atoms with E-state index in [0.717, 1.165) is 11.3 Å². The maximum atomic E-state index is 13.0. The van der Waals surface area contributed by atoms with Crippen molar-refractivity contribution in [2.45, 2.75) is 32.2 Å². The molecular weight excluding hydrogens is 165 g/mol. The van der Waals surface area contributed by atoms with Gasteiger partial charge in [0.25, 0.3) is 0 Å². The van der Waals surface area contributed by atoms with E-state index in [9.17, 15) is 4.39 Å². The van der Waals surface area contributed by atoms with Crippen molar-refractivity contribution in [1.82, 2.24) is 0 Å². The molecule has 1 N–H and O–H groups in total. The lowest BCUT2D eigenvalue weighted by atomic mass is 9.81. The molecule has 0 radical (unpaired) electrons. The van der Waals surface area contributed by atoms with E-state index < -0.39 is 0 Å². The second-order valence-electron chi connectivity index (χ2n) is 4.28. The summed E-state index contributed by atoms with van der Waals surface area (Å²) in [5.41, 5.74) is 2.18. The fourth-order valence-corrected chi connectivity index (χ4v) is 1.82. The molecule has 70 valence electrons. The zero-order valence-electron chi connectivity index (χ0n) is 8.19. The molecule has 0 aliphatic carbocycles. The molecule has 1 aliphatic rings. The van der Waals surface area contributed by atoms with Gasteiger partial charge in [0.15, 0.2) is 0 Å². The molecule has 2 heteroatoms. The van der Waals surface area contributed by atoms with Crippen molar-refractivity contribution in [2.75, 3.05) is 5.32 Å². The van der Waals surface area contributed by atoms with Gasteiger partial charge >= 0.3 is 0 Å². The molecule has 1 atom stereocenters. The van der Waals surface area contributed by atoms with Crippen LogP contribution in [0.3, 0.4) is 0 Å². The molecule has 0 spiro atoms. The van der Waals surface area contributed by atoms with E-state index in [1.54, 1.807) is 6.07 Å². The standard InChI is InChI=1S/C11H14FN/c1-7-11(2,3)9-6-8(12)4-5-10(9)13-7/h4-7,13H,1-3H3. The molecule has 0 amide bonds. The zero-order valence-corrected chi connectivity index (χ0v) is 8.19. The third-order valence-electron chi connectivity index (χ3n) is 3.13. The second-order valence-corrected chi connectivity index (χ2v) is 4.28. The number of hydrogen-bond donors (Lipinski definition) is 1. The van der Waals surface area contributed by atoms with Gasteiger partial charge in [-0.15, -0.1) is 0 Å². The van der Waals surface area contributed by atoms with E-state index in [1.165, 1.54) is 6.07 Å². The largest absolute Gasteiger partial charge is 0.381 e. The first-order valence-corrected chi connectivity index (χ1v) is 4.58. The van der Waals surface area contributed by atoms with Crippen LogP contribution in [0.25, 0.3) is 0 Å². The van der Waals surface area contributed by atoms with Crippen LogP contribution in [0.2, 0.25) is 0 Å². The van der Waals surface area contributed by atoms with Crippen molar-refractivity contribution < 1.29 is 4.39 Å². The minimum absolute atomic E-state index is 0.0252. The predicted molar refractivity (Wildman–Crippen MR) is 52.5 cm³/mol. The summed E-state index contributed by atoms with van der Waals surface area (Å²) < 4.78 is 13.0. The van der Waals surface area contributed by atoms with Crippen LogP contribution in [-0.2, 0) is 5.41 Å². The lowest BCUT2D eigenvalue weighted by Gasteiger charge is -2.23. The highest BCUT2D eigenvalue weighted by atomic mass is 19.1. The molecule has 13 heavy (non-hydrogen) atoms. The van der Waals surface area contributed by atoms with Crippen LogP contribution >= 0.6 is 0 Å². The van der Waals surface area contributed by atoms with E-state index in [1.807, 2.05) is 6.07 Å². The van der Waals surface area contributed by atoms with Gasteiger partial charge in [0.05, 0.1) is 0 Å². The van der Waals surface area contributed by atoms with E-state index >= 15 is 0 Å². The zero-order chi connectivity index (χ0) is 9.64. The summed E-state index contributed by atoms with van der Waals surface area (Å²) in [4.78, 5) is 0. The van der Waals surface area contributed by atoms with Crippen molar-refractivity contribution in [1.29, 1.82) is 0 Å². The minimum Gasteiger partial charge on any atom is -0.381 e. The van der Waals surface area contributed by atoms with Crippen LogP contribution in [0.1, 0.15) is 26.3 Å². The van der Waals surface area contributed by atoms with Crippen LogP contribution in [-0.4, -0.2) is 6.04 Å². The van der Waals surface area contributed by atoms with Gasteiger partial charge in [0.1, 0.15) is 5.82 Å². The molecule has 1 aliphatic heterocycles. The van der Waals surface area contributed by atoms with Crippen molar-refractivity contribution in [3.8, 4) is 0 Å². The summed E-state index contributed by atoms with van der Waals surface area (Å²) in [6, 6.07) is 5.31. The molecule has 1 aromatic carbocycles. The Balaban J connectivity index is 2.57. The first-order chi connectivity index (χ1) is 6.01. The number of nitrogens with one attached hydrogen (secondary N) is 1. The molecule has 0 saturated heterocycles. The minimum atomic E-state index is -0.150. The normalized spacial score (nSPS) is 23.8. The summed E-state index contributed by atoms with van der Waals surface area (Å²) in [7, 11) is 0. The molecule has 1 heterocycles. The van der Waals surface area contributed by atoms with Crippen LogP contribution in [0, 0.1) is 5.82 Å². The van der Waals surface area contributed by atoms with Crippen molar-refractivity contribution in [3.63, 3.8) is 0 Å². The molecule has 0 bridgehead atoms. The number of hydrogen-bond acceptors (Lipinski definition) is 1. The van der Waals surface area contributed by atoms with E-state index in [2.05, 4.69) is 26.1 Å². The number of benzene rings is 1. The van der Waals surface area contributed by atoms with E-state index in [0.29, 0.717) is 6.04 Å². The first kappa shape index (κ1) is 8.54. The Hall–Kier alpha value is -1.05. The van der Waals surface area contributed by atoms with Crippen molar-refractivity contribution >= 4 is 5.69 Å². The smallest absolute Gasteiger partial charge is 0.123 e. The lowest BCUT2D eigenvalue weighted by molar-refractivity contribution is 0.483. The maximum absolute atomic E-state index is 13.0. The molecule has 1 nitrogen and oxygen atoms in total. The van der Waals surface area contributed by atoms with Gasteiger partial charge in [-0.25, -0.2) is 4.39 Å². The summed E-state index contributed by atoms with van der Waals surface area (Å²) in [6.45, 7) is 6.39. The molecule has 0 fully saturated rings. The number of fused-ring (bicyclic) bond motifs is 1. The summed E-state index contributed by atoms with van der Waals surface area (Å²) in [5.74, 6) is -0.150. The van der Waals surface area contributed by atoms with Gasteiger partial charge in [-0.2, -0.15) is 0 Å². The van der Waals surface area contributed by atoms with Crippen LogP contribution < -0.4 is 5.32 Å². The highest BCUT2D eigenvalue weighted by Crippen LogP contribution is 2.40. The average molecular weight is 179 g/mol. The maximum Gasteiger partial charge on any atom is 0.123 e. The predicted octanol–water partition coefficient (Wildman–Crippen LogP) is 2.92. The molecule has 1 unspecified atom stereocenters. The van der Waals surface area contributed by atoms with Crippen molar-refractivity contribution in [3.05, 3.63) is 29.6 Å². The second kappa shape index (κ2) is 2.47. The quantitative estimate of drug-likeness (QED) is 0.645. The van der Waals surface area contributed by atoms with Crippen LogP contribution in [0.15, 0.2) is 18.2 Å². The molecular formula is C11H14FN. The monoisotopic (exact) mass is 179 g/mol. The number of rotatable bonds is 0. The molecule has 1 aromatic rings. The molecule has 2 rings (SSSR count). The van der Waals surface area contributed by atoms with Gasteiger partial charge in [-0.1, -0.05) is 13.8 Å². The SMILES string of the molecule is CC1Nc2ccc(F)cc2C1(C)C. The Labute approximate surface area is 78.0 Å². The average Bonchev–Trinajstić information content (AvgIpc) is 2.27. The highest BCUT2D eigenvalue weighted by molar-refractivity contribution is 5.61. The fraction of sp³-hybridized carbons (Fsp3) is 0.455. The molecule has 0 saturated carbocycles. The first-order valence-electron chi connectivity index (χ1n) is 4.58. The Morgan fingerprint density at radius 1 is 1.38 bits per heavy atom. The van der Waals surface area contributed by atoms with Crippen LogP contribution in [0.5, 0.6) is 0 Å². The Morgan fingerprint density at radius 2 is 2.08 bits per heavy atom. The Kier molecular flexibility index (Phi) is 1.62. The van der Waals surface area contributed by atoms with Gasteiger partial charge in [0, 0.05) is 17.1 Å². The van der Waals surface area contributed by atoms with E-state index in [4.69, 9.17) is 0 Å². The third-order valence-corrected chi connectivity index (χ3v) is 3.13. The third kappa shape index (κ3) is 1.12. The van der Waals surface area contributed by atoms with Gasteiger partial charge in [0.2, 0.25) is 0 Å². The lowest BCUT2D eigenvalue weighted by Crippen LogP contribution is -2.29. The summed E-state index contributed by atoms with van der Waals surface area (Å²) in [6.07, 6.45) is 0. The summed E-state index contributed by atoms with van der Waals surface area (Å²) >= 11 is 0. The molecule has 0 aromatic heterocycles. The van der Waals surface area contributed by atoms with Crippen molar-refractivity contribution in [2.24, 2.45) is 0 Å². The van der Waals surface area contributed by atoms with Gasteiger partial charge < -0.3 is 5.32 Å².